The molecule has 212 valence electrons. The van der Waals surface area contributed by atoms with Crippen LogP contribution in [0.25, 0.3) is 22.3 Å². The van der Waals surface area contributed by atoms with Crippen molar-refractivity contribution < 1.29 is 14.3 Å². The fourth-order valence-corrected chi connectivity index (χ4v) is 4.47. The number of likely N-dealkylation sites (N-methyl/N-ethyl adjacent to an activating group) is 1. The highest BCUT2D eigenvalue weighted by Gasteiger charge is 2.13. The molecule has 0 spiro atoms. The van der Waals surface area contributed by atoms with Gasteiger partial charge in [0.05, 0.1) is 19.2 Å². The van der Waals surface area contributed by atoms with Crippen LogP contribution in [-0.2, 0) is 9.53 Å². The normalized spacial score (nSPS) is 10.6. The summed E-state index contributed by atoms with van der Waals surface area (Å²) in [5.41, 5.74) is 2.78. The van der Waals surface area contributed by atoms with Crippen molar-refractivity contribution in [2.24, 2.45) is 0 Å². The van der Waals surface area contributed by atoms with E-state index in [1.807, 2.05) is 67.7 Å². The van der Waals surface area contributed by atoms with Gasteiger partial charge in [-0.1, -0.05) is 49.7 Å². The summed E-state index contributed by atoms with van der Waals surface area (Å²) in [4.78, 5) is 27.0. The number of carbonyl (C=O) groups excluding carboxylic acids is 1. The number of aromatic nitrogens is 3. The zero-order valence-corrected chi connectivity index (χ0v) is 24.0. The van der Waals surface area contributed by atoms with Crippen molar-refractivity contribution in [1.29, 1.82) is 0 Å². The minimum atomic E-state index is -0.115. The second-order valence-electron chi connectivity index (χ2n) is 9.92. The molecule has 0 bridgehead atoms. The van der Waals surface area contributed by atoms with E-state index >= 15 is 0 Å². The number of hydrogen-bond donors (Lipinski definition) is 0. The zero-order chi connectivity index (χ0) is 28.7. The number of ether oxygens (including phenoxy) is 2. The van der Waals surface area contributed by atoms with E-state index in [0.717, 1.165) is 65.7 Å². The highest BCUT2D eigenvalue weighted by molar-refractivity contribution is 5.90. The fourth-order valence-electron chi connectivity index (χ4n) is 4.47. The van der Waals surface area contributed by atoms with Crippen molar-refractivity contribution in [2.45, 2.75) is 51.4 Å². The van der Waals surface area contributed by atoms with Crippen LogP contribution in [0, 0.1) is 11.8 Å². The summed E-state index contributed by atoms with van der Waals surface area (Å²) in [6, 6.07) is 19.9. The third-order valence-electron chi connectivity index (χ3n) is 6.81. The van der Waals surface area contributed by atoms with Crippen LogP contribution in [0.15, 0.2) is 73.1 Å². The number of carbonyl (C=O) groups is 1. The van der Waals surface area contributed by atoms with E-state index in [1.54, 1.807) is 12.4 Å². The van der Waals surface area contributed by atoms with E-state index in [2.05, 4.69) is 26.5 Å². The van der Waals surface area contributed by atoms with Gasteiger partial charge in [-0.25, -0.2) is 9.97 Å². The average Bonchev–Trinajstić information content (AvgIpc) is 3.02. The summed E-state index contributed by atoms with van der Waals surface area (Å²) >= 11 is 0. The molecule has 2 heterocycles. The summed E-state index contributed by atoms with van der Waals surface area (Å²) in [5, 5.41) is 1.00. The number of esters is 1. The van der Waals surface area contributed by atoms with Gasteiger partial charge in [0.25, 0.3) is 0 Å². The molecule has 7 nitrogen and oxygen atoms in total. The van der Waals surface area contributed by atoms with Crippen molar-refractivity contribution in [2.75, 3.05) is 32.2 Å². The average molecular weight is 551 g/mol. The molecule has 0 fully saturated rings. The van der Waals surface area contributed by atoms with Crippen molar-refractivity contribution >= 4 is 22.7 Å². The second kappa shape index (κ2) is 16.0. The highest BCUT2D eigenvalue weighted by atomic mass is 16.5. The Hall–Kier alpha value is -4.44. The van der Waals surface area contributed by atoms with E-state index in [-0.39, 0.29) is 5.97 Å². The first kappa shape index (κ1) is 29.5. The number of hydrogen-bond acceptors (Lipinski definition) is 7. The van der Waals surface area contributed by atoms with Gasteiger partial charge in [-0.15, -0.1) is 0 Å². The van der Waals surface area contributed by atoms with Crippen LogP contribution in [0.5, 0.6) is 5.75 Å². The second-order valence-corrected chi connectivity index (χ2v) is 9.92. The summed E-state index contributed by atoms with van der Waals surface area (Å²) in [6.07, 6.45) is 11.6. The molecule has 0 saturated carbocycles. The summed E-state index contributed by atoms with van der Waals surface area (Å²) in [7, 11) is 3.46. The lowest BCUT2D eigenvalue weighted by molar-refractivity contribution is -0.140. The molecule has 0 atom stereocenters. The number of anilines is 1. The molecular formula is C34H38N4O3. The molecule has 0 radical (unpaired) electrons. The van der Waals surface area contributed by atoms with E-state index in [0.29, 0.717) is 25.4 Å². The lowest BCUT2D eigenvalue weighted by Gasteiger charge is -2.21. The van der Waals surface area contributed by atoms with Crippen molar-refractivity contribution in [3.8, 4) is 29.0 Å². The zero-order valence-electron chi connectivity index (χ0n) is 24.0. The molecule has 41 heavy (non-hydrogen) atoms. The van der Waals surface area contributed by atoms with Crippen LogP contribution in [0.3, 0.4) is 0 Å². The third-order valence-corrected chi connectivity index (χ3v) is 6.81. The van der Waals surface area contributed by atoms with Crippen molar-refractivity contribution in [1.82, 2.24) is 15.0 Å². The van der Waals surface area contributed by atoms with Crippen LogP contribution in [0.4, 0.5) is 5.82 Å². The van der Waals surface area contributed by atoms with Crippen LogP contribution in [0.1, 0.15) is 56.9 Å². The molecule has 2 aromatic heterocycles. The Morgan fingerprint density at radius 1 is 0.902 bits per heavy atom. The topological polar surface area (TPSA) is 77.4 Å². The Balaban J connectivity index is 1.21. The van der Waals surface area contributed by atoms with Crippen molar-refractivity contribution in [3.63, 3.8) is 0 Å². The summed E-state index contributed by atoms with van der Waals surface area (Å²) < 4.78 is 10.7. The Bertz CT molecular complexity index is 1450. The number of para-hydroxylation sites is 1. The van der Waals surface area contributed by atoms with Gasteiger partial charge in [0.2, 0.25) is 0 Å². The number of fused-ring (bicyclic) bond motifs is 1. The van der Waals surface area contributed by atoms with Gasteiger partial charge in [-0.2, -0.15) is 0 Å². The predicted octanol–water partition coefficient (Wildman–Crippen LogP) is 6.85. The summed E-state index contributed by atoms with van der Waals surface area (Å²) in [5.74, 6) is 8.75. The number of unbranched alkanes of at least 4 members (excludes halogenated alkanes) is 6. The molecule has 0 amide bonds. The fraction of sp³-hybridized carbons (Fsp3) is 0.353. The van der Waals surface area contributed by atoms with E-state index < -0.39 is 0 Å². The maximum atomic E-state index is 11.1. The summed E-state index contributed by atoms with van der Waals surface area (Å²) in [6.45, 7) is 1.19. The first-order valence-electron chi connectivity index (χ1n) is 14.3. The standard InChI is InChI=1S/C34H38N4O3/c1-38(34-30-16-11-12-17-31(30)36-33(37-34)28-15-13-23-35-26-28)24-25-41-29-21-19-27(20-22-29)14-9-7-5-3-4-6-8-10-18-32(39)40-2/h11-13,15-17,19-23,26H,3-8,10,18,24-25H2,1-2H3. The molecular weight excluding hydrogens is 512 g/mol. The van der Waals surface area contributed by atoms with Gasteiger partial charge in [-0.3, -0.25) is 9.78 Å². The lowest BCUT2D eigenvalue weighted by atomic mass is 10.1. The molecule has 0 unspecified atom stereocenters. The van der Waals surface area contributed by atoms with Crippen LogP contribution in [-0.4, -0.2) is 48.2 Å². The maximum Gasteiger partial charge on any atom is 0.305 e. The molecule has 7 heteroatoms. The molecule has 0 aliphatic rings. The Morgan fingerprint density at radius 3 is 2.46 bits per heavy atom. The molecule has 4 rings (SSSR count). The van der Waals surface area contributed by atoms with Gasteiger partial charge in [0, 0.05) is 48.8 Å². The van der Waals surface area contributed by atoms with Gasteiger partial charge in [0.1, 0.15) is 18.2 Å². The first-order chi connectivity index (χ1) is 20.1. The van der Waals surface area contributed by atoms with Gasteiger partial charge >= 0.3 is 5.97 Å². The van der Waals surface area contributed by atoms with Crippen LogP contribution in [0.2, 0.25) is 0 Å². The van der Waals surface area contributed by atoms with Crippen LogP contribution >= 0.6 is 0 Å². The van der Waals surface area contributed by atoms with Gasteiger partial charge < -0.3 is 14.4 Å². The van der Waals surface area contributed by atoms with Crippen LogP contribution < -0.4 is 9.64 Å². The third kappa shape index (κ3) is 9.32. The van der Waals surface area contributed by atoms with Gasteiger partial charge in [0.15, 0.2) is 5.82 Å². The Kier molecular flexibility index (Phi) is 11.5. The minimum Gasteiger partial charge on any atom is -0.492 e. The lowest BCUT2D eigenvalue weighted by Crippen LogP contribution is -2.25. The quantitative estimate of drug-likeness (QED) is 0.0965. The minimum absolute atomic E-state index is 0.115. The number of nitrogens with zero attached hydrogens (tertiary/aromatic N) is 4. The Morgan fingerprint density at radius 2 is 1.68 bits per heavy atom. The van der Waals surface area contributed by atoms with Crippen molar-refractivity contribution in [3.05, 3.63) is 78.6 Å². The predicted molar refractivity (Wildman–Crippen MR) is 164 cm³/mol. The SMILES string of the molecule is COC(=O)CCCCCCCCC#Cc1ccc(OCCN(C)c2nc(-c3cccnc3)nc3ccccc23)cc1. The Labute approximate surface area is 243 Å². The number of pyridine rings is 1. The first-order valence-corrected chi connectivity index (χ1v) is 14.3. The smallest absolute Gasteiger partial charge is 0.305 e. The van der Waals surface area contributed by atoms with E-state index in [1.165, 1.54) is 20.0 Å². The number of methoxy groups -OCH3 is 1. The van der Waals surface area contributed by atoms with E-state index in [9.17, 15) is 4.79 Å². The maximum absolute atomic E-state index is 11.1. The molecule has 0 saturated heterocycles. The largest absolute Gasteiger partial charge is 0.492 e. The van der Waals surface area contributed by atoms with Gasteiger partial charge in [-0.05, 0) is 61.4 Å². The molecule has 0 aliphatic carbocycles. The molecule has 2 aromatic carbocycles. The highest BCUT2D eigenvalue weighted by Crippen LogP contribution is 2.26. The number of benzene rings is 2. The molecule has 0 N–H and O–H groups in total. The number of rotatable bonds is 14. The molecule has 4 aromatic rings. The van der Waals surface area contributed by atoms with E-state index in [4.69, 9.17) is 14.7 Å². The monoisotopic (exact) mass is 550 g/mol. The molecule has 0 aliphatic heterocycles.